The molecule has 1 aromatic rings. The van der Waals surface area contributed by atoms with E-state index >= 15 is 0 Å². The fourth-order valence-electron chi connectivity index (χ4n) is 1.46. The van der Waals surface area contributed by atoms with E-state index in [-0.39, 0.29) is 22.7 Å². The van der Waals surface area contributed by atoms with Crippen LogP contribution < -0.4 is 10.6 Å². The van der Waals surface area contributed by atoms with Gasteiger partial charge in [-0.3, -0.25) is 20.2 Å². The SMILES string of the molecule is C#Cc1ccc(C(=O)NC(=O)NCC(C)C)cc1[N+](=O)[O-]. The summed E-state index contributed by atoms with van der Waals surface area (Å²) in [5.41, 5.74) is -0.297. The summed E-state index contributed by atoms with van der Waals surface area (Å²) >= 11 is 0. The first kappa shape index (κ1) is 16.2. The summed E-state index contributed by atoms with van der Waals surface area (Å²) in [6.45, 7) is 4.23. The summed E-state index contributed by atoms with van der Waals surface area (Å²) in [4.78, 5) is 33.5. The molecule has 0 saturated carbocycles. The number of carbonyl (C=O) groups excluding carboxylic acids is 2. The highest BCUT2D eigenvalue weighted by atomic mass is 16.6. The molecule has 0 aliphatic heterocycles. The van der Waals surface area contributed by atoms with Gasteiger partial charge in [-0.05, 0) is 18.1 Å². The lowest BCUT2D eigenvalue weighted by Gasteiger charge is -2.08. The normalized spacial score (nSPS) is 9.81. The fraction of sp³-hybridized carbons (Fsp3) is 0.286. The van der Waals surface area contributed by atoms with E-state index in [1.165, 1.54) is 12.1 Å². The van der Waals surface area contributed by atoms with Crippen LogP contribution in [0, 0.1) is 28.4 Å². The maximum absolute atomic E-state index is 11.8. The van der Waals surface area contributed by atoms with Crippen molar-refractivity contribution in [1.82, 2.24) is 10.6 Å². The number of nitrogens with one attached hydrogen (secondary N) is 2. The van der Waals surface area contributed by atoms with Crippen molar-refractivity contribution >= 4 is 17.6 Å². The molecule has 0 unspecified atom stereocenters. The lowest BCUT2D eigenvalue weighted by atomic mass is 10.1. The molecule has 0 radical (unpaired) electrons. The molecule has 110 valence electrons. The van der Waals surface area contributed by atoms with E-state index in [4.69, 9.17) is 6.42 Å². The quantitative estimate of drug-likeness (QED) is 0.500. The van der Waals surface area contributed by atoms with Crippen LogP contribution >= 0.6 is 0 Å². The topological polar surface area (TPSA) is 101 Å². The van der Waals surface area contributed by atoms with E-state index in [0.29, 0.717) is 6.54 Å². The molecule has 2 N–H and O–H groups in total. The van der Waals surface area contributed by atoms with Gasteiger partial charge < -0.3 is 5.32 Å². The van der Waals surface area contributed by atoms with Crippen LogP contribution in [0.3, 0.4) is 0 Å². The van der Waals surface area contributed by atoms with E-state index in [9.17, 15) is 19.7 Å². The number of benzene rings is 1. The zero-order valence-electron chi connectivity index (χ0n) is 11.7. The second kappa shape index (κ2) is 7.05. The predicted octanol–water partition coefficient (Wildman–Crippen LogP) is 1.67. The number of nitro benzene ring substituents is 1. The van der Waals surface area contributed by atoms with Gasteiger partial charge in [-0.25, -0.2) is 4.79 Å². The smallest absolute Gasteiger partial charge is 0.321 e. The summed E-state index contributed by atoms with van der Waals surface area (Å²) < 4.78 is 0. The number of terminal acetylenes is 1. The monoisotopic (exact) mass is 289 g/mol. The van der Waals surface area contributed by atoms with Crippen molar-refractivity contribution in [1.29, 1.82) is 0 Å². The second-order valence-corrected chi connectivity index (χ2v) is 4.69. The lowest BCUT2D eigenvalue weighted by Crippen LogP contribution is -2.40. The number of imide groups is 1. The van der Waals surface area contributed by atoms with Gasteiger partial charge in [0.05, 0.1) is 4.92 Å². The molecule has 3 amide bonds. The minimum absolute atomic E-state index is 0.0135. The zero-order valence-corrected chi connectivity index (χ0v) is 11.7. The molecule has 0 fully saturated rings. The predicted molar refractivity (Wildman–Crippen MR) is 76.7 cm³/mol. The van der Waals surface area contributed by atoms with Gasteiger partial charge in [-0.1, -0.05) is 19.8 Å². The third-order valence-electron chi connectivity index (χ3n) is 2.51. The molecule has 0 bridgehead atoms. The van der Waals surface area contributed by atoms with Gasteiger partial charge >= 0.3 is 6.03 Å². The van der Waals surface area contributed by atoms with Crippen LogP contribution in [0.1, 0.15) is 29.8 Å². The molecule has 1 aromatic carbocycles. The maximum Gasteiger partial charge on any atom is 0.321 e. The van der Waals surface area contributed by atoms with E-state index in [2.05, 4.69) is 16.6 Å². The second-order valence-electron chi connectivity index (χ2n) is 4.69. The van der Waals surface area contributed by atoms with Gasteiger partial charge in [0.15, 0.2) is 0 Å². The average Bonchev–Trinajstić information content (AvgIpc) is 2.44. The molecule has 0 heterocycles. The molecular formula is C14H15N3O4. The highest BCUT2D eigenvalue weighted by molar-refractivity contribution is 6.04. The molecule has 0 aliphatic rings. The standard InChI is InChI=1S/C14H15N3O4/c1-4-10-5-6-11(7-12(10)17(20)21)13(18)16-14(19)15-8-9(2)3/h1,5-7,9H,8H2,2-3H3,(H2,15,16,18,19). The van der Waals surface area contributed by atoms with E-state index in [1.54, 1.807) is 0 Å². The minimum Gasteiger partial charge on any atom is -0.338 e. The van der Waals surface area contributed by atoms with E-state index < -0.39 is 16.9 Å². The number of urea groups is 1. The molecule has 21 heavy (non-hydrogen) atoms. The minimum atomic E-state index is -0.733. The maximum atomic E-state index is 11.8. The van der Waals surface area contributed by atoms with Crippen molar-refractivity contribution in [2.75, 3.05) is 6.54 Å². The van der Waals surface area contributed by atoms with Crippen LogP contribution in [0.4, 0.5) is 10.5 Å². The molecule has 0 aromatic heterocycles. The molecule has 0 atom stereocenters. The Labute approximate surface area is 121 Å². The Bertz CT molecular complexity index is 617. The number of rotatable bonds is 4. The van der Waals surface area contributed by atoms with Gasteiger partial charge in [0.1, 0.15) is 5.56 Å². The Morgan fingerprint density at radius 3 is 2.62 bits per heavy atom. The van der Waals surface area contributed by atoms with Crippen molar-refractivity contribution in [3.63, 3.8) is 0 Å². The van der Waals surface area contributed by atoms with Crippen molar-refractivity contribution in [2.45, 2.75) is 13.8 Å². The molecule has 7 nitrogen and oxygen atoms in total. The Morgan fingerprint density at radius 2 is 2.10 bits per heavy atom. The van der Waals surface area contributed by atoms with Crippen molar-refractivity contribution in [2.24, 2.45) is 5.92 Å². The Morgan fingerprint density at radius 1 is 1.43 bits per heavy atom. The lowest BCUT2D eigenvalue weighted by molar-refractivity contribution is -0.385. The van der Waals surface area contributed by atoms with Crippen LogP contribution in [0.15, 0.2) is 18.2 Å². The van der Waals surface area contributed by atoms with Gasteiger partial charge in [0, 0.05) is 18.2 Å². The first-order valence-corrected chi connectivity index (χ1v) is 6.19. The third-order valence-corrected chi connectivity index (χ3v) is 2.51. The summed E-state index contributed by atoms with van der Waals surface area (Å²) in [7, 11) is 0. The number of hydrogen-bond acceptors (Lipinski definition) is 4. The van der Waals surface area contributed by atoms with Gasteiger partial charge in [0.2, 0.25) is 0 Å². The van der Waals surface area contributed by atoms with Crippen molar-refractivity contribution in [3.8, 4) is 12.3 Å². The molecule has 0 spiro atoms. The van der Waals surface area contributed by atoms with Gasteiger partial charge in [-0.15, -0.1) is 6.42 Å². The largest absolute Gasteiger partial charge is 0.338 e. The number of hydrogen-bond donors (Lipinski definition) is 2. The molecule has 7 heteroatoms. The van der Waals surface area contributed by atoms with Gasteiger partial charge in [0.25, 0.3) is 11.6 Å². The van der Waals surface area contributed by atoms with Crippen LogP contribution in [0.25, 0.3) is 0 Å². The summed E-state index contributed by atoms with van der Waals surface area (Å²) in [5.74, 6) is 1.67. The Hall–Kier alpha value is -2.88. The molecule has 0 aliphatic carbocycles. The van der Waals surface area contributed by atoms with Crippen LogP contribution in [-0.2, 0) is 0 Å². The highest BCUT2D eigenvalue weighted by Gasteiger charge is 2.17. The zero-order chi connectivity index (χ0) is 16.0. The van der Waals surface area contributed by atoms with Gasteiger partial charge in [-0.2, -0.15) is 0 Å². The van der Waals surface area contributed by atoms with E-state index in [1.807, 2.05) is 13.8 Å². The van der Waals surface area contributed by atoms with Crippen molar-refractivity contribution in [3.05, 3.63) is 39.4 Å². The third kappa shape index (κ3) is 4.62. The number of nitro groups is 1. The number of amides is 3. The first-order valence-electron chi connectivity index (χ1n) is 6.19. The Balaban J connectivity index is 2.84. The number of nitrogens with zero attached hydrogens (tertiary/aromatic N) is 1. The highest BCUT2D eigenvalue weighted by Crippen LogP contribution is 2.19. The van der Waals surface area contributed by atoms with Crippen LogP contribution in [0.2, 0.25) is 0 Å². The Kier molecular flexibility index (Phi) is 5.43. The molecular weight excluding hydrogens is 274 g/mol. The summed E-state index contributed by atoms with van der Waals surface area (Å²) in [6.07, 6.45) is 5.14. The summed E-state index contributed by atoms with van der Waals surface area (Å²) in [5, 5.41) is 15.5. The van der Waals surface area contributed by atoms with Crippen molar-refractivity contribution < 1.29 is 14.5 Å². The van der Waals surface area contributed by atoms with Crippen LogP contribution in [-0.4, -0.2) is 23.4 Å². The fourth-order valence-corrected chi connectivity index (χ4v) is 1.46. The van der Waals surface area contributed by atoms with E-state index in [0.717, 1.165) is 6.07 Å². The first-order chi connectivity index (χ1) is 9.85. The summed E-state index contributed by atoms with van der Waals surface area (Å²) in [6, 6.07) is 3.00. The molecule has 1 rings (SSSR count). The molecule has 0 saturated heterocycles. The van der Waals surface area contributed by atoms with Crippen LogP contribution in [0.5, 0.6) is 0 Å². The number of carbonyl (C=O) groups is 2. The average molecular weight is 289 g/mol.